The van der Waals surface area contributed by atoms with Crippen LogP contribution in [-0.2, 0) is 9.59 Å². The average Bonchev–Trinajstić information content (AvgIpc) is 3.63. The zero-order valence-electron chi connectivity index (χ0n) is 64.0. The molecular weight excluding hydrogens is 1170 g/mol. The van der Waals surface area contributed by atoms with Crippen molar-refractivity contribution in [2.45, 2.75) is 374 Å². The van der Waals surface area contributed by atoms with Crippen molar-refractivity contribution < 1.29 is 14.7 Å². The van der Waals surface area contributed by atoms with Crippen molar-refractivity contribution in [2.75, 3.05) is 54.4 Å². The second-order valence-corrected chi connectivity index (χ2v) is 27.8. The van der Waals surface area contributed by atoms with Gasteiger partial charge in [-0.3, -0.25) is 9.59 Å². The van der Waals surface area contributed by atoms with Crippen molar-refractivity contribution in [3.05, 3.63) is 97.2 Å². The minimum Gasteiger partial charge on any atom is -0.481 e. The van der Waals surface area contributed by atoms with Crippen LogP contribution < -0.4 is 11.1 Å². The highest BCUT2D eigenvalue weighted by Crippen LogP contribution is 2.21. The Hall–Kier alpha value is -2.97. The van der Waals surface area contributed by atoms with Crippen molar-refractivity contribution in [2.24, 2.45) is 17.6 Å². The second-order valence-electron chi connectivity index (χ2n) is 27.8. The SMILES string of the molecule is CCCCC/C=C\C/C=C\CCCCCCCCC(CCCCCCCC/C=C\C/C=C\CCCCC)CNC(=O)CCN(C)C.CCCCC/C=C\C/C=C\CCCCCCCCC(CN)CCCCCCCC/C=C\C/C=C\CCCCC.CN(C)CCC(=O)O.Cl. The number of nitrogens with zero attached hydrogens (tertiary/aromatic N) is 2. The van der Waals surface area contributed by atoms with Crippen LogP contribution in [0.1, 0.15) is 374 Å². The van der Waals surface area contributed by atoms with Gasteiger partial charge >= 0.3 is 5.97 Å². The van der Waals surface area contributed by atoms with Gasteiger partial charge in [-0.05, 0) is 201 Å². The number of aliphatic carboxylic acids is 1. The summed E-state index contributed by atoms with van der Waals surface area (Å²) in [6.07, 6.45) is 107. The highest BCUT2D eigenvalue weighted by molar-refractivity contribution is 5.85. The Bertz CT molecular complexity index is 1620. The molecule has 0 heterocycles. The predicted molar refractivity (Wildman–Crippen MR) is 426 cm³/mol. The number of hydrogen-bond acceptors (Lipinski definition) is 5. The van der Waals surface area contributed by atoms with E-state index in [1.165, 1.54) is 308 Å². The maximum Gasteiger partial charge on any atom is 0.304 e. The van der Waals surface area contributed by atoms with Crippen molar-refractivity contribution in [3.63, 3.8) is 0 Å². The molecule has 0 spiro atoms. The first-order valence-corrected chi connectivity index (χ1v) is 40.2. The molecule has 4 N–H and O–H groups in total. The number of carboxylic acids is 1. The summed E-state index contributed by atoms with van der Waals surface area (Å²) >= 11 is 0. The molecule has 8 heteroatoms. The molecule has 0 saturated heterocycles. The summed E-state index contributed by atoms with van der Waals surface area (Å²) in [5, 5.41) is 11.4. The third-order valence-corrected chi connectivity index (χ3v) is 17.7. The molecule has 0 aliphatic carbocycles. The lowest BCUT2D eigenvalue weighted by Gasteiger charge is -2.18. The Labute approximate surface area is 594 Å². The van der Waals surface area contributed by atoms with Crippen molar-refractivity contribution >= 4 is 24.3 Å². The van der Waals surface area contributed by atoms with Gasteiger partial charge in [0.2, 0.25) is 5.91 Å². The smallest absolute Gasteiger partial charge is 0.304 e. The number of unbranched alkanes of at least 4 members (excludes halogenated alkanes) is 36. The van der Waals surface area contributed by atoms with Gasteiger partial charge in [0, 0.05) is 26.1 Å². The number of carbonyl (C=O) groups excluding carboxylic acids is 1. The van der Waals surface area contributed by atoms with Crippen LogP contribution in [0.5, 0.6) is 0 Å². The molecule has 0 aliphatic heterocycles. The molecule has 552 valence electrons. The number of nitrogens with two attached hydrogens (primary N) is 1. The van der Waals surface area contributed by atoms with Crippen molar-refractivity contribution in [1.82, 2.24) is 15.1 Å². The van der Waals surface area contributed by atoms with E-state index in [1.54, 1.807) is 0 Å². The second kappa shape index (κ2) is 88.0. The molecule has 0 saturated carbocycles. The first kappa shape index (κ1) is 97.4. The van der Waals surface area contributed by atoms with Crippen LogP contribution in [0.25, 0.3) is 0 Å². The molecule has 0 unspecified atom stereocenters. The molecule has 7 nitrogen and oxygen atoms in total. The van der Waals surface area contributed by atoms with Crippen LogP contribution in [0, 0.1) is 11.8 Å². The van der Waals surface area contributed by atoms with Gasteiger partial charge in [0.05, 0.1) is 6.42 Å². The monoisotopic (exact) mass is 1340 g/mol. The number of nitrogens with one attached hydrogen (secondary N) is 1. The van der Waals surface area contributed by atoms with Gasteiger partial charge in [0.15, 0.2) is 0 Å². The maximum absolute atomic E-state index is 12.3. The highest BCUT2D eigenvalue weighted by Gasteiger charge is 2.12. The lowest BCUT2D eigenvalue weighted by molar-refractivity contribution is -0.137. The number of allylic oxidation sites excluding steroid dienone is 16. The Morgan fingerprint density at radius 3 is 0.777 bits per heavy atom. The molecule has 1 amide bonds. The van der Waals surface area contributed by atoms with Crippen LogP contribution in [0.4, 0.5) is 0 Å². The van der Waals surface area contributed by atoms with Crippen LogP contribution in [-0.4, -0.2) is 81.2 Å². The molecule has 0 radical (unpaired) electrons. The van der Waals surface area contributed by atoms with E-state index in [0.717, 1.165) is 51.2 Å². The molecule has 0 rings (SSSR count). The first-order chi connectivity index (χ1) is 45.6. The molecule has 0 aromatic rings. The third-order valence-electron chi connectivity index (χ3n) is 17.7. The van der Waals surface area contributed by atoms with Crippen LogP contribution in [0.3, 0.4) is 0 Å². The largest absolute Gasteiger partial charge is 0.481 e. The molecule has 94 heavy (non-hydrogen) atoms. The Morgan fingerprint density at radius 2 is 0.553 bits per heavy atom. The van der Waals surface area contributed by atoms with E-state index in [0.29, 0.717) is 18.9 Å². The fourth-order valence-corrected chi connectivity index (χ4v) is 11.4. The Morgan fingerprint density at radius 1 is 0.330 bits per heavy atom. The van der Waals surface area contributed by atoms with Gasteiger partial charge in [0.1, 0.15) is 0 Å². The minimum atomic E-state index is -0.737. The first-order valence-electron chi connectivity index (χ1n) is 40.2. The molecule has 0 bridgehead atoms. The van der Waals surface area contributed by atoms with E-state index in [1.807, 2.05) is 33.1 Å². The van der Waals surface area contributed by atoms with Crippen molar-refractivity contribution in [3.8, 4) is 0 Å². The zero-order chi connectivity index (χ0) is 68.5. The van der Waals surface area contributed by atoms with E-state index in [2.05, 4.69) is 135 Å². The number of halogens is 1. The zero-order valence-corrected chi connectivity index (χ0v) is 64.9. The molecule has 0 fully saturated rings. The fraction of sp³-hybridized carbons (Fsp3) is 0.791. The molecule has 0 atom stereocenters. The molecule has 0 aliphatic rings. The standard InChI is InChI=1S/C43H80N2O.C38H71N.C5H11NO2.ClH/c1-5-7-9-11-13-15-17-19-21-23-25-27-29-31-33-35-37-42(41-44-43(46)39-40-45(3)4)38-36-34-32-30-28-26-24-22-20-18-16-14-12-10-8-6-2;1-3-5-7-9-11-13-15-17-19-21-23-25-27-29-31-33-35-38(37-39)36-34-32-30-28-26-24-22-20-18-16-14-12-10-8-6-4-2;1-6(2)4-3-5(7)8;/h13-16,19-22,42H,5-12,17-18,23-41H2,1-4H3,(H,44,46);11-14,17-20,38H,3-10,15-16,21-37,39H2,1-2H3;3-4H2,1-2H3,(H,7,8);1H/b15-13-,16-14-,21-19-,22-20-;13-11-,14-12-,19-17-,20-18-;;. The number of amides is 1. The quantitative estimate of drug-likeness (QED) is 0.0415. The van der Waals surface area contributed by atoms with Crippen LogP contribution in [0.2, 0.25) is 0 Å². The normalized spacial score (nSPS) is 12.1. The van der Waals surface area contributed by atoms with Gasteiger partial charge in [-0.2, -0.15) is 0 Å². The number of hydrogen-bond donors (Lipinski definition) is 3. The topological polar surface area (TPSA) is 98.9 Å². The summed E-state index contributed by atoms with van der Waals surface area (Å²) in [4.78, 5) is 26.2. The number of carbonyl (C=O) groups is 2. The number of carboxylic acid groups (broad SMARTS) is 1. The Balaban J connectivity index is -0.000000769. The maximum atomic E-state index is 12.3. The third kappa shape index (κ3) is 93.2. The van der Waals surface area contributed by atoms with Crippen LogP contribution >= 0.6 is 12.4 Å². The summed E-state index contributed by atoms with van der Waals surface area (Å²) in [6.45, 7) is 12.3. The van der Waals surface area contributed by atoms with E-state index in [4.69, 9.17) is 10.8 Å². The van der Waals surface area contributed by atoms with E-state index in [-0.39, 0.29) is 24.7 Å². The predicted octanol–water partition coefficient (Wildman–Crippen LogP) is 26.5. The Kier molecular flexibility index (Phi) is 91.2. The average molecular weight is 1340 g/mol. The minimum absolute atomic E-state index is 0. The summed E-state index contributed by atoms with van der Waals surface area (Å²) in [7, 11) is 7.77. The van der Waals surface area contributed by atoms with Crippen molar-refractivity contribution in [1.29, 1.82) is 0 Å². The van der Waals surface area contributed by atoms with E-state index < -0.39 is 5.97 Å². The van der Waals surface area contributed by atoms with E-state index in [9.17, 15) is 9.59 Å². The van der Waals surface area contributed by atoms with Gasteiger partial charge in [0.25, 0.3) is 0 Å². The summed E-state index contributed by atoms with van der Waals surface area (Å²) < 4.78 is 0. The van der Waals surface area contributed by atoms with Gasteiger partial charge < -0.3 is 26.0 Å². The molecule has 0 aromatic heterocycles. The van der Waals surface area contributed by atoms with Crippen LogP contribution in [0.15, 0.2) is 97.2 Å². The summed E-state index contributed by atoms with van der Waals surface area (Å²) in [6, 6.07) is 0. The molecule has 0 aromatic carbocycles. The lowest BCUT2D eigenvalue weighted by atomic mass is 9.94. The number of rotatable bonds is 69. The highest BCUT2D eigenvalue weighted by atomic mass is 35.5. The van der Waals surface area contributed by atoms with E-state index >= 15 is 0 Å². The summed E-state index contributed by atoms with van der Waals surface area (Å²) in [5.41, 5.74) is 6.08. The van der Waals surface area contributed by atoms with Gasteiger partial charge in [-0.25, -0.2) is 0 Å². The van der Waals surface area contributed by atoms with Gasteiger partial charge in [-0.1, -0.05) is 305 Å². The molecular formula is C86H163ClN4O3. The fourth-order valence-electron chi connectivity index (χ4n) is 11.4. The van der Waals surface area contributed by atoms with Gasteiger partial charge in [-0.15, -0.1) is 12.4 Å². The summed E-state index contributed by atoms with van der Waals surface area (Å²) in [5.74, 6) is 0.883. The lowest BCUT2D eigenvalue weighted by Crippen LogP contribution is -2.31.